The van der Waals surface area contributed by atoms with Crippen LogP contribution in [0.2, 0.25) is 0 Å². The maximum absolute atomic E-state index is 12.8. The molecular formula is C27H24N6O. The zero-order chi connectivity index (χ0) is 23.5. The number of anilines is 2. The van der Waals surface area contributed by atoms with Gasteiger partial charge in [0.05, 0.1) is 17.2 Å². The largest absolute Gasteiger partial charge is 0.384 e. The lowest BCUT2D eigenvalue weighted by Crippen LogP contribution is -2.42. The van der Waals surface area contributed by atoms with E-state index < -0.39 is 0 Å². The van der Waals surface area contributed by atoms with Crippen molar-refractivity contribution >= 4 is 28.2 Å². The second-order valence-corrected chi connectivity index (χ2v) is 8.50. The first kappa shape index (κ1) is 21.4. The van der Waals surface area contributed by atoms with Crippen molar-refractivity contribution in [2.24, 2.45) is 0 Å². The molecule has 0 bridgehead atoms. The SMILES string of the molecule is N#Cc1cccc(-c2cc(NC3CCN(C(=O)c4ccc(N)nc4)CC3)c3cnccc3c2)c1. The fourth-order valence-electron chi connectivity index (χ4n) is 4.41. The third-order valence-electron chi connectivity index (χ3n) is 6.26. The Labute approximate surface area is 197 Å². The first-order chi connectivity index (χ1) is 16.6. The van der Waals surface area contributed by atoms with Crippen molar-refractivity contribution in [2.45, 2.75) is 18.9 Å². The Morgan fingerprint density at radius 3 is 2.68 bits per heavy atom. The van der Waals surface area contributed by atoms with Crippen LogP contribution in [-0.4, -0.2) is 39.9 Å². The maximum atomic E-state index is 12.8. The van der Waals surface area contributed by atoms with E-state index in [-0.39, 0.29) is 11.9 Å². The number of fused-ring (bicyclic) bond motifs is 1. The van der Waals surface area contributed by atoms with Crippen LogP contribution in [0.15, 0.2) is 73.2 Å². The number of nitrogens with zero attached hydrogens (tertiary/aromatic N) is 4. The number of benzene rings is 2. The van der Waals surface area contributed by atoms with E-state index in [1.807, 2.05) is 41.4 Å². The molecule has 0 radical (unpaired) electrons. The van der Waals surface area contributed by atoms with Crippen LogP contribution in [0, 0.1) is 11.3 Å². The van der Waals surface area contributed by atoms with E-state index >= 15 is 0 Å². The summed E-state index contributed by atoms with van der Waals surface area (Å²) < 4.78 is 0. The Morgan fingerprint density at radius 2 is 1.91 bits per heavy atom. The van der Waals surface area contributed by atoms with Crippen LogP contribution in [-0.2, 0) is 0 Å². The number of hydrogen-bond acceptors (Lipinski definition) is 6. The number of piperidine rings is 1. The number of carbonyl (C=O) groups is 1. The number of rotatable bonds is 4. The number of amides is 1. The van der Waals surface area contributed by atoms with Gasteiger partial charge in [-0.3, -0.25) is 9.78 Å². The van der Waals surface area contributed by atoms with Gasteiger partial charge in [0.1, 0.15) is 5.82 Å². The minimum absolute atomic E-state index is 0.0139. The zero-order valence-electron chi connectivity index (χ0n) is 18.6. The Balaban J connectivity index is 1.35. The average Bonchev–Trinajstić information content (AvgIpc) is 2.89. The lowest BCUT2D eigenvalue weighted by molar-refractivity contribution is 0.0718. The summed E-state index contributed by atoms with van der Waals surface area (Å²) in [6.07, 6.45) is 6.87. The molecule has 7 nitrogen and oxygen atoms in total. The fourth-order valence-corrected chi connectivity index (χ4v) is 4.41. The monoisotopic (exact) mass is 448 g/mol. The molecule has 0 aliphatic carbocycles. The van der Waals surface area contributed by atoms with Gasteiger partial charge in [0.15, 0.2) is 0 Å². The standard InChI is InChI=1S/C27H24N6O/c28-15-18-2-1-3-19(12-18)22-13-20-6-9-30-17-24(20)25(14-22)32-23-7-10-33(11-8-23)27(34)21-4-5-26(29)31-16-21/h1-6,9,12-14,16-17,23,32H,7-8,10-11H2,(H2,29,31). The molecule has 34 heavy (non-hydrogen) atoms. The molecule has 1 saturated heterocycles. The second-order valence-electron chi connectivity index (χ2n) is 8.50. The number of aromatic nitrogens is 2. The lowest BCUT2D eigenvalue weighted by atomic mass is 9.98. The second kappa shape index (κ2) is 9.20. The molecule has 0 saturated carbocycles. The number of hydrogen-bond donors (Lipinski definition) is 2. The zero-order valence-corrected chi connectivity index (χ0v) is 18.6. The molecule has 168 valence electrons. The summed E-state index contributed by atoms with van der Waals surface area (Å²) in [4.78, 5) is 23.0. The molecular weight excluding hydrogens is 424 g/mol. The first-order valence-corrected chi connectivity index (χ1v) is 11.3. The van der Waals surface area contributed by atoms with Gasteiger partial charge in [-0.15, -0.1) is 0 Å². The van der Waals surface area contributed by atoms with Gasteiger partial charge in [-0.25, -0.2) is 4.98 Å². The van der Waals surface area contributed by atoms with Gasteiger partial charge in [-0.2, -0.15) is 5.26 Å². The minimum atomic E-state index is -0.0139. The van der Waals surface area contributed by atoms with Crippen LogP contribution in [0.3, 0.4) is 0 Å². The third kappa shape index (κ3) is 4.39. The van der Waals surface area contributed by atoms with E-state index in [2.05, 4.69) is 33.5 Å². The van der Waals surface area contributed by atoms with Crippen molar-refractivity contribution in [1.29, 1.82) is 5.26 Å². The summed E-state index contributed by atoms with van der Waals surface area (Å²) in [5, 5.41) is 15.1. The third-order valence-corrected chi connectivity index (χ3v) is 6.26. The number of nitriles is 1. The van der Waals surface area contributed by atoms with Crippen LogP contribution in [0.25, 0.3) is 21.9 Å². The molecule has 1 amide bonds. The molecule has 0 unspecified atom stereocenters. The minimum Gasteiger partial charge on any atom is -0.384 e. The topological polar surface area (TPSA) is 108 Å². The average molecular weight is 449 g/mol. The van der Waals surface area contributed by atoms with Crippen molar-refractivity contribution in [2.75, 3.05) is 24.1 Å². The highest BCUT2D eigenvalue weighted by molar-refractivity contribution is 5.97. The van der Waals surface area contributed by atoms with E-state index in [0.29, 0.717) is 30.0 Å². The molecule has 3 heterocycles. The van der Waals surface area contributed by atoms with Crippen molar-refractivity contribution in [1.82, 2.24) is 14.9 Å². The van der Waals surface area contributed by atoms with Gasteiger partial charge in [-0.05, 0) is 71.8 Å². The molecule has 7 heteroatoms. The Kier molecular flexibility index (Phi) is 5.79. The molecule has 1 fully saturated rings. The van der Waals surface area contributed by atoms with Gasteiger partial charge < -0.3 is 16.0 Å². The predicted molar refractivity (Wildman–Crippen MR) is 133 cm³/mol. The fraction of sp³-hybridized carbons (Fsp3) is 0.185. The van der Waals surface area contributed by atoms with Crippen LogP contribution < -0.4 is 11.1 Å². The van der Waals surface area contributed by atoms with E-state index in [1.54, 1.807) is 18.3 Å². The van der Waals surface area contributed by atoms with Gasteiger partial charge in [0, 0.05) is 48.8 Å². The summed E-state index contributed by atoms with van der Waals surface area (Å²) in [6.45, 7) is 1.34. The van der Waals surface area contributed by atoms with Crippen LogP contribution in [0.4, 0.5) is 11.5 Å². The molecule has 5 rings (SSSR count). The Hall–Kier alpha value is -4.44. The van der Waals surface area contributed by atoms with Gasteiger partial charge >= 0.3 is 0 Å². The first-order valence-electron chi connectivity index (χ1n) is 11.3. The summed E-state index contributed by atoms with van der Waals surface area (Å²) in [6, 6.07) is 19.7. The molecule has 1 aliphatic heterocycles. The molecule has 1 aliphatic rings. The molecule has 3 N–H and O–H groups in total. The van der Waals surface area contributed by atoms with Crippen molar-refractivity contribution < 1.29 is 4.79 Å². The van der Waals surface area contributed by atoms with Crippen molar-refractivity contribution in [3.63, 3.8) is 0 Å². The van der Waals surface area contributed by atoms with Gasteiger partial charge in [-0.1, -0.05) is 12.1 Å². The normalized spacial score (nSPS) is 14.0. The van der Waals surface area contributed by atoms with Gasteiger partial charge in [0.2, 0.25) is 0 Å². The predicted octanol–water partition coefficient (Wildman–Crippen LogP) is 4.47. The molecule has 2 aromatic heterocycles. The van der Waals surface area contributed by atoms with Crippen LogP contribution in [0.1, 0.15) is 28.8 Å². The lowest BCUT2D eigenvalue weighted by Gasteiger charge is -2.33. The molecule has 4 aromatic rings. The van der Waals surface area contributed by atoms with Crippen LogP contribution in [0.5, 0.6) is 0 Å². The van der Waals surface area contributed by atoms with Crippen molar-refractivity contribution in [3.8, 4) is 17.2 Å². The number of nitrogens with one attached hydrogen (secondary N) is 1. The Bertz CT molecular complexity index is 1380. The van der Waals surface area contributed by atoms with E-state index in [4.69, 9.17) is 5.73 Å². The number of carbonyl (C=O) groups excluding carboxylic acids is 1. The summed E-state index contributed by atoms with van der Waals surface area (Å²) in [5.41, 5.74) is 9.88. The van der Waals surface area contributed by atoms with Crippen LogP contribution >= 0.6 is 0 Å². The Morgan fingerprint density at radius 1 is 1.06 bits per heavy atom. The smallest absolute Gasteiger partial charge is 0.255 e. The summed E-state index contributed by atoms with van der Waals surface area (Å²) in [5.74, 6) is 0.391. The highest BCUT2D eigenvalue weighted by Crippen LogP contribution is 2.32. The maximum Gasteiger partial charge on any atom is 0.255 e. The van der Waals surface area contributed by atoms with Crippen molar-refractivity contribution in [3.05, 3.63) is 84.3 Å². The summed E-state index contributed by atoms with van der Waals surface area (Å²) >= 11 is 0. The highest BCUT2D eigenvalue weighted by atomic mass is 16.2. The molecule has 0 atom stereocenters. The van der Waals surface area contributed by atoms with Gasteiger partial charge in [0.25, 0.3) is 5.91 Å². The number of nitrogen functional groups attached to an aromatic ring is 1. The number of pyridine rings is 2. The number of nitrogens with two attached hydrogens (primary N) is 1. The molecule has 0 spiro atoms. The number of likely N-dealkylation sites (tertiary alicyclic amines) is 1. The molecule has 2 aromatic carbocycles. The summed E-state index contributed by atoms with van der Waals surface area (Å²) in [7, 11) is 0. The highest BCUT2D eigenvalue weighted by Gasteiger charge is 2.24. The quantitative estimate of drug-likeness (QED) is 0.477. The van der Waals surface area contributed by atoms with E-state index in [0.717, 1.165) is 40.4 Å². The van der Waals surface area contributed by atoms with E-state index in [1.165, 1.54) is 6.20 Å². The van der Waals surface area contributed by atoms with E-state index in [9.17, 15) is 10.1 Å².